The molecule has 1 rings (SSSR count). The van der Waals surface area contributed by atoms with Crippen LogP contribution in [0.2, 0.25) is 0 Å². The van der Waals surface area contributed by atoms with E-state index in [0.717, 1.165) is 22.9 Å². The van der Waals surface area contributed by atoms with Crippen LogP contribution in [0.5, 0.6) is 0 Å². The molecule has 0 aliphatic carbocycles. The maximum Gasteiger partial charge on any atom is 0.212 e. The Kier molecular flexibility index (Phi) is 7.19. The van der Waals surface area contributed by atoms with Crippen molar-refractivity contribution in [2.24, 2.45) is 21.5 Å². The summed E-state index contributed by atoms with van der Waals surface area (Å²) in [7, 11) is 0. The Hall–Kier alpha value is -1.28. The highest BCUT2D eigenvalue weighted by Gasteiger charge is 2.01. The monoisotopic (exact) mass is 287 g/mol. The van der Waals surface area contributed by atoms with Crippen molar-refractivity contribution in [3.63, 3.8) is 0 Å². The van der Waals surface area contributed by atoms with Gasteiger partial charge in [-0.25, -0.2) is 4.98 Å². The second-order valence-corrected chi connectivity index (χ2v) is 5.36. The summed E-state index contributed by atoms with van der Waals surface area (Å²) in [6.45, 7) is 3.34. The summed E-state index contributed by atoms with van der Waals surface area (Å²) in [6, 6.07) is 0. The van der Waals surface area contributed by atoms with E-state index in [0.29, 0.717) is 11.7 Å². The first-order valence-corrected chi connectivity index (χ1v) is 7.41. The molecular weight excluding hydrogens is 270 g/mol. The number of guanidine groups is 1. The first-order chi connectivity index (χ1) is 8.72. The van der Waals surface area contributed by atoms with Gasteiger partial charge in [-0.2, -0.15) is 16.8 Å². The minimum absolute atomic E-state index is 0.0359. The molecule has 0 fully saturated rings. The number of thioether (sulfide) groups is 1. The summed E-state index contributed by atoms with van der Waals surface area (Å²) < 4.78 is 4.99. The van der Waals surface area contributed by atoms with Gasteiger partial charge in [-0.1, -0.05) is 11.3 Å². The van der Waals surface area contributed by atoms with Crippen molar-refractivity contribution in [2.75, 3.05) is 18.9 Å². The van der Waals surface area contributed by atoms with E-state index in [1.54, 1.807) is 18.0 Å². The van der Waals surface area contributed by atoms with Crippen molar-refractivity contribution in [3.8, 4) is 0 Å². The first kappa shape index (κ1) is 14.8. The Morgan fingerprint density at radius 3 is 3.17 bits per heavy atom. The van der Waals surface area contributed by atoms with E-state index in [4.69, 9.17) is 16.2 Å². The SMILES string of the molecule is CCOC=NCCSCc1cnc(N=C(N)N)s1. The van der Waals surface area contributed by atoms with E-state index in [1.165, 1.54) is 17.7 Å². The molecule has 18 heavy (non-hydrogen) atoms. The van der Waals surface area contributed by atoms with Gasteiger partial charge in [0.1, 0.15) is 0 Å². The molecule has 8 heteroatoms. The van der Waals surface area contributed by atoms with Crippen LogP contribution in [0.3, 0.4) is 0 Å². The Morgan fingerprint density at radius 2 is 2.44 bits per heavy atom. The summed E-state index contributed by atoms with van der Waals surface area (Å²) in [5.41, 5.74) is 10.5. The third-order valence-corrected chi connectivity index (χ3v) is 3.75. The van der Waals surface area contributed by atoms with Crippen molar-refractivity contribution in [3.05, 3.63) is 11.1 Å². The van der Waals surface area contributed by atoms with Crippen molar-refractivity contribution in [1.29, 1.82) is 0 Å². The number of nitrogens with zero attached hydrogens (tertiary/aromatic N) is 3. The Bertz CT molecular complexity index is 401. The summed E-state index contributed by atoms with van der Waals surface area (Å²) in [6.07, 6.45) is 3.30. The van der Waals surface area contributed by atoms with Crippen LogP contribution in [0.25, 0.3) is 0 Å². The minimum Gasteiger partial charge on any atom is -0.484 e. The predicted octanol–water partition coefficient (Wildman–Crippen LogP) is 1.35. The average molecular weight is 287 g/mol. The Morgan fingerprint density at radius 1 is 1.61 bits per heavy atom. The largest absolute Gasteiger partial charge is 0.484 e. The Labute approximate surface area is 115 Å². The zero-order valence-corrected chi connectivity index (χ0v) is 11.8. The van der Waals surface area contributed by atoms with Gasteiger partial charge in [-0.15, -0.1) is 0 Å². The molecule has 0 amide bonds. The number of aromatic nitrogens is 1. The quantitative estimate of drug-likeness (QED) is 0.427. The molecule has 0 saturated carbocycles. The maximum absolute atomic E-state index is 5.27. The zero-order valence-electron chi connectivity index (χ0n) is 10.2. The lowest BCUT2D eigenvalue weighted by atomic mass is 10.6. The van der Waals surface area contributed by atoms with E-state index < -0.39 is 0 Å². The van der Waals surface area contributed by atoms with Gasteiger partial charge in [-0.05, 0) is 6.92 Å². The standard InChI is InChI=1S/C10H17N5OS2/c1-2-16-7-13-3-4-17-6-8-5-14-10(18-8)15-9(11)12/h5,7H,2-4,6H2,1H3,(H4,11,12,14,15). The highest BCUT2D eigenvalue weighted by molar-refractivity contribution is 7.98. The molecule has 0 spiro atoms. The van der Waals surface area contributed by atoms with Gasteiger partial charge in [0.15, 0.2) is 12.4 Å². The van der Waals surface area contributed by atoms with Gasteiger partial charge in [0, 0.05) is 22.6 Å². The van der Waals surface area contributed by atoms with Crippen LogP contribution in [-0.4, -0.2) is 36.2 Å². The third kappa shape index (κ3) is 6.45. The van der Waals surface area contributed by atoms with Crippen molar-refractivity contribution in [1.82, 2.24) is 4.98 Å². The number of hydrogen-bond acceptors (Lipinski definition) is 6. The van der Waals surface area contributed by atoms with Gasteiger partial charge >= 0.3 is 0 Å². The summed E-state index contributed by atoms with van der Waals surface area (Å²) in [5, 5.41) is 0.597. The molecule has 1 aromatic heterocycles. The molecule has 0 unspecified atom stereocenters. The lowest BCUT2D eigenvalue weighted by Gasteiger charge is -1.96. The van der Waals surface area contributed by atoms with E-state index in [2.05, 4.69) is 15.0 Å². The maximum atomic E-state index is 5.27. The van der Waals surface area contributed by atoms with E-state index in [1.807, 2.05) is 6.92 Å². The molecule has 0 saturated heterocycles. The fraction of sp³-hybridized carbons (Fsp3) is 0.500. The van der Waals surface area contributed by atoms with Crippen LogP contribution < -0.4 is 11.5 Å². The Balaban J connectivity index is 2.19. The van der Waals surface area contributed by atoms with Gasteiger partial charge in [0.25, 0.3) is 0 Å². The van der Waals surface area contributed by atoms with Crippen molar-refractivity contribution in [2.45, 2.75) is 12.7 Å². The fourth-order valence-corrected chi connectivity index (χ4v) is 2.73. The van der Waals surface area contributed by atoms with E-state index in [-0.39, 0.29) is 5.96 Å². The van der Waals surface area contributed by atoms with E-state index >= 15 is 0 Å². The molecule has 100 valence electrons. The van der Waals surface area contributed by atoms with Crippen molar-refractivity contribution >= 4 is 40.6 Å². The number of aliphatic imine (C=N–C) groups is 2. The summed E-state index contributed by atoms with van der Waals surface area (Å²) in [4.78, 5) is 13.2. The van der Waals surface area contributed by atoms with Crippen molar-refractivity contribution < 1.29 is 4.74 Å². The van der Waals surface area contributed by atoms with Crippen LogP contribution in [0.4, 0.5) is 5.13 Å². The number of thiazole rings is 1. The van der Waals surface area contributed by atoms with Crippen LogP contribution in [-0.2, 0) is 10.5 Å². The number of hydrogen-bond donors (Lipinski definition) is 2. The van der Waals surface area contributed by atoms with Crippen LogP contribution in [0.1, 0.15) is 11.8 Å². The highest BCUT2D eigenvalue weighted by Crippen LogP contribution is 2.24. The second-order valence-electron chi connectivity index (χ2n) is 3.17. The average Bonchev–Trinajstić information content (AvgIpc) is 2.75. The normalized spacial score (nSPS) is 10.7. The van der Waals surface area contributed by atoms with E-state index in [9.17, 15) is 0 Å². The topological polar surface area (TPSA) is 98.9 Å². The second kappa shape index (κ2) is 8.76. The van der Waals surface area contributed by atoms with Gasteiger partial charge in [0.2, 0.25) is 5.13 Å². The molecule has 0 bridgehead atoms. The summed E-state index contributed by atoms with van der Waals surface area (Å²) >= 11 is 3.28. The molecule has 0 aromatic carbocycles. The number of ether oxygens (including phenoxy) is 1. The van der Waals surface area contributed by atoms with Crippen LogP contribution in [0.15, 0.2) is 16.2 Å². The molecular formula is C10H17N5OS2. The molecule has 0 aliphatic rings. The van der Waals surface area contributed by atoms with Gasteiger partial charge < -0.3 is 16.2 Å². The minimum atomic E-state index is 0.0359. The lowest BCUT2D eigenvalue weighted by molar-refractivity contribution is 0.342. The number of nitrogens with two attached hydrogens (primary N) is 2. The molecule has 4 N–H and O–H groups in total. The summed E-state index contributed by atoms with van der Waals surface area (Å²) in [5.74, 6) is 1.87. The van der Waals surface area contributed by atoms with Crippen LogP contribution >= 0.6 is 23.1 Å². The van der Waals surface area contributed by atoms with Gasteiger partial charge in [-0.3, -0.25) is 4.99 Å². The highest BCUT2D eigenvalue weighted by atomic mass is 32.2. The molecule has 1 aromatic rings. The van der Waals surface area contributed by atoms with Gasteiger partial charge in [0.05, 0.1) is 13.2 Å². The molecule has 0 radical (unpaired) electrons. The smallest absolute Gasteiger partial charge is 0.212 e. The molecule has 0 aliphatic heterocycles. The molecule has 1 heterocycles. The third-order valence-electron chi connectivity index (χ3n) is 1.69. The first-order valence-electron chi connectivity index (χ1n) is 5.44. The number of rotatable bonds is 8. The lowest BCUT2D eigenvalue weighted by Crippen LogP contribution is -2.21. The molecule has 6 nitrogen and oxygen atoms in total. The predicted molar refractivity (Wildman–Crippen MR) is 78.7 cm³/mol. The zero-order chi connectivity index (χ0) is 13.2. The molecule has 0 atom stereocenters. The van der Waals surface area contributed by atoms with Crippen LogP contribution in [0, 0.1) is 0 Å². The fourth-order valence-electron chi connectivity index (χ4n) is 0.996.